The standard InChI is InChI=1S/C23H23NO/c1-4-10-19(11-5-1)16-24-17-22(23(24)21-14-8-3-9-15-21)25-18-20-12-6-2-7-13-20/h1-15,22-23H,16-18H2. The Balaban J connectivity index is 1.46. The van der Waals surface area contributed by atoms with Crippen LogP contribution in [0.25, 0.3) is 0 Å². The van der Waals surface area contributed by atoms with Gasteiger partial charge in [-0.1, -0.05) is 91.0 Å². The fourth-order valence-electron chi connectivity index (χ4n) is 3.52. The van der Waals surface area contributed by atoms with Crippen LogP contribution in [0.3, 0.4) is 0 Å². The third-order valence-corrected chi connectivity index (χ3v) is 4.84. The molecule has 1 fully saturated rings. The lowest BCUT2D eigenvalue weighted by atomic mass is 9.91. The van der Waals surface area contributed by atoms with Crippen LogP contribution in [0.15, 0.2) is 91.0 Å². The number of ether oxygens (including phenoxy) is 1. The summed E-state index contributed by atoms with van der Waals surface area (Å²) in [5.41, 5.74) is 3.92. The van der Waals surface area contributed by atoms with Crippen LogP contribution in [-0.4, -0.2) is 17.5 Å². The summed E-state index contributed by atoms with van der Waals surface area (Å²) >= 11 is 0. The zero-order chi connectivity index (χ0) is 16.9. The van der Waals surface area contributed by atoms with Crippen LogP contribution in [0.2, 0.25) is 0 Å². The number of hydrogen-bond acceptors (Lipinski definition) is 2. The van der Waals surface area contributed by atoms with E-state index < -0.39 is 0 Å². The van der Waals surface area contributed by atoms with Gasteiger partial charge in [-0.25, -0.2) is 0 Å². The maximum absolute atomic E-state index is 6.26. The van der Waals surface area contributed by atoms with E-state index in [4.69, 9.17) is 4.74 Å². The van der Waals surface area contributed by atoms with E-state index in [-0.39, 0.29) is 6.10 Å². The van der Waals surface area contributed by atoms with E-state index in [2.05, 4.69) is 89.8 Å². The molecule has 2 nitrogen and oxygen atoms in total. The second kappa shape index (κ2) is 7.64. The molecular formula is C23H23NO. The predicted octanol–water partition coefficient (Wildman–Crippen LogP) is 4.83. The second-order valence-corrected chi connectivity index (χ2v) is 6.61. The molecule has 0 aliphatic carbocycles. The highest BCUT2D eigenvalue weighted by molar-refractivity contribution is 5.25. The van der Waals surface area contributed by atoms with Crippen molar-refractivity contribution in [2.75, 3.05) is 6.54 Å². The largest absolute Gasteiger partial charge is 0.370 e. The smallest absolute Gasteiger partial charge is 0.0903 e. The third kappa shape index (κ3) is 3.81. The lowest BCUT2D eigenvalue weighted by molar-refractivity contribution is -0.117. The van der Waals surface area contributed by atoms with Gasteiger partial charge in [0.05, 0.1) is 18.8 Å². The number of hydrogen-bond donors (Lipinski definition) is 0. The Morgan fingerprint density at radius 3 is 1.92 bits per heavy atom. The number of benzene rings is 3. The summed E-state index contributed by atoms with van der Waals surface area (Å²) in [5.74, 6) is 0. The van der Waals surface area contributed by atoms with E-state index in [0.29, 0.717) is 12.6 Å². The van der Waals surface area contributed by atoms with Gasteiger partial charge < -0.3 is 4.74 Å². The molecule has 1 aliphatic heterocycles. The molecular weight excluding hydrogens is 306 g/mol. The molecule has 25 heavy (non-hydrogen) atoms. The molecule has 1 aliphatic rings. The van der Waals surface area contributed by atoms with Crippen molar-refractivity contribution < 1.29 is 4.74 Å². The minimum atomic E-state index is 0.242. The van der Waals surface area contributed by atoms with Gasteiger partial charge in [0.15, 0.2) is 0 Å². The normalized spacial score (nSPS) is 20.2. The molecule has 0 spiro atoms. The SMILES string of the molecule is c1ccc(COC2CN(Cc3ccccc3)C2c2ccccc2)cc1. The summed E-state index contributed by atoms with van der Waals surface area (Å²) in [6.07, 6.45) is 0.242. The van der Waals surface area contributed by atoms with E-state index in [1.807, 2.05) is 6.07 Å². The first-order valence-electron chi connectivity index (χ1n) is 8.88. The third-order valence-electron chi connectivity index (χ3n) is 4.84. The molecule has 3 aromatic rings. The average Bonchev–Trinajstić information content (AvgIpc) is 2.66. The van der Waals surface area contributed by atoms with Crippen molar-refractivity contribution in [3.05, 3.63) is 108 Å². The van der Waals surface area contributed by atoms with Crippen LogP contribution < -0.4 is 0 Å². The van der Waals surface area contributed by atoms with Crippen LogP contribution in [-0.2, 0) is 17.9 Å². The van der Waals surface area contributed by atoms with Crippen molar-refractivity contribution >= 4 is 0 Å². The Morgan fingerprint density at radius 1 is 0.720 bits per heavy atom. The average molecular weight is 329 g/mol. The highest BCUT2D eigenvalue weighted by Crippen LogP contribution is 2.37. The molecule has 4 rings (SSSR count). The Bertz CT molecular complexity index is 773. The fraction of sp³-hybridized carbons (Fsp3) is 0.217. The van der Waals surface area contributed by atoms with Gasteiger partial charge in [-0.3, -0.25) is 4.90 Å². The molecule has 0 bridgehead atoms. The first kappa shape index (κ1) is 16.1. The summed E-state index contributed by atoms with van der Waals surface area (Å²) in [6, 6.07) is 32.1. The molecule has 0 amide bonds. The highest BCUT2D eigenvalue weighted by atomic mass is 16.5. The predicted molar refractivity (Wildman–Crippen MR) is 101 cm³/mol. The maximum Gasteiger partial charge on any atom is 0.0903 e. The molecule has 0 N–H and O–H groups in total. The Hall–Kier alpha value is -2.42. The molecule has 0 radical (unpaired) electrons. The van der Waals surface area contributed by atoms with Crippen molar-refractivity contribution in [2.45, 2.75) is 25.3 Å². The monoisotopic (exact) mass is 329 g/mol. The quantitative estimate of drug-likeness (QED) is 0.642. The van der Waals surface area contributed by atoms with Crippen molar-refractivity contribution in [3.63, 3.8) is 0 Å². The maximum atomic E-state index is 6.26. The summed E-state index contributed by atoms with van der Waals surface area (Å²) < 4.78 is 6.26. The van der Waals surface area contributed by atoms with Gasteiger partial charge >= 0.3 is 0 Å². The lowest BCUT2D eigenvalue weighted by Gasteiger charge is -2.48. The first-order chi connectivity index (χ1) is 12.4. The minimum Gasteiger partial charge on any atom is -0.370 e. The van der Waals surface area contributed by atoms with Crippen LogP contribution >= 0.6 is 0 Å². The topological polar surface area (TPSA) is 12.5 Å². The van der Waals surface area contributed by atoms with E-state index in [1.165, 1.54) is 16.7 Å². The molecule has 3 aromatic carbocycles. The van der Waals surface area contributed by atoms with Crippen molar-refractivity contribution in [2.24, 2.45) is 0 Å². The van der Waals surface area contributed by atoms with Crippen molar-refractivity contribution in [1.29, 1.82) is 0 Å². The lowest BCUT2D eigenvalue weighted by Crippen LogP contribution is -2.54. The molecule has 0 saturated carbocycles. The Kier molecular flexibility index (Phi) is 4.91. The second-order valence-electron chi connectivity index (χ2n) is 6.61. The van der Waals surface area contributed by atoms with Crippen molar-refractivity contribution in [1.82, 2.24) is 4.90 Å². The van der Waals surface area contributed by atoms with Gasteiger partial charge in [-0.2, -0.15) is 0 Å². The van der Waals surface area contributed by atoms with Gasteiger partial charge in [-0.15, -0.1) is 0 Å². The molecule has 1 heterocycles. The zero-order valence-electron chi connectivity index (χ0n) is 14.3. The minimum absolute atomic E-state index is 0.242. The van der Waals surface area contributed by atoms with Gasteiger partial charge in [0.25, 0.3) is 0 Å². The Morgan fingerprint density at radius 2 is 1.28 bits per heavy atom. The summed E-state index contributed by atoms with van der Waals surface area (Å²) in [4.78, 5) is 2.50. The van der Waals surface area contributed by atoms with Crippen LogP contribution in [0, 0.1) is 0 Å². The van der Waals surface area contributed by atoms with Gasteiger partial charge in [0, 0.05) is 13.1 Å². The van der Waals surface area contributed by atoms with Crippen molar-refractivity contribution in [3.8, 4) is 0 Å². The highest BCUT2D eigenvalue weighted by Gasteiger charge is 2.40. The number of likely N-dealkylation sites (tertiary alicyclic amines) is 1. The van der Waals surface area contributed by atoms with E-state index in [9.17, 15) is 0 Å². The molecule has 126 valence electrons. The Labute approximate surface area is 149 Å². The van der Waals surface area contributed by atoms with Crippen LogP contribution in [0.4, 0.5) is 0 Å². The zero-order valence-corrected chi connectivity index (χ0v) is 14.3. The molecule has 2 atom stereocenters. The molecule has 1 saturated heterocycles. The van der Waals surface area contributed by atoms with Gasteiger partial charge in [0.2, 0.25) is 0 Å². The van der Waals surface area contributed by atoms with E-state index >= 15 is 0 Å². The van der Waals surface area contributed by atoms with E-state index in [0.717, 1.165) is 13.1 Å². The summed E-state index contributed by atoms with van der Waals surface area (Å²) in [7, 11) is 0. The van der Waals surface area contributed by atoms with Crippen LogP contribution in [0.1, 0.15) is 22.7 Å². The molecule has 0 aromatic heterocycles. The summed E-state index contributed by atoms with van der Waals surface area (Å²) in [5, 5.41) is 0. The first-order valence-corrected chi connectivity index (χ1v) is 8.88. The molecule has 2 unspecified atom stereocenters. The van der Waals surface area contributed by atoms with E-state index in [1.54, 1.807) is 0 Å². The number of rotatable bonds is 6. The fourth-order valence-corrected chi connectivity index (χ4v) is 3.52. The van der Waals surface area contributed by atoms with Gasteiger partial charge in [-0.05, 0) is 16.7 Å². The van der Waals surface area contributed by atoms with Gasteiger partial charge in [0.1, 0.15) is 0 Å². The van der Waals surface area contributed by atoms with Crippen LogP contribution in [0.5, 0.6) is 0 Å². The molecule has 2 heteroatoms. The summed E-state index contributed by atoms with van der Waals surface area (Å²) in [6.45, 7) is 2.61. The number of nitrogens with zero attached hydrogens (tertiary/aromatic N) is 1.